The fourth-order valence-corrected chi connectivity index (χ4v) is 3.57. The van der Waals surface area contributed by atoms with Crippen LogP contribution in [-0.4, -0.2) is 38.1 Å². The molecule has 4 rings (SSSR count). The molecule has 1 amide bonds. The molecule has 3 N–H and O–H groups in total. The van der Waals surface area contributed by atoms with Crippen LogP contribution in [0.25, 0.3) is 16.7 Å². The number of hydrogen-bond donors (Lipinski definition) is 3. The molecule has 0 saturated heterocycles. The molecule has 0 aliphatic heterocycles. The molecular formula is C23H23N5O3. The number of amides is 1. The van der Waals surface area contributed by atoms with Gasteiger partial charge in [-0.3, -0.25) is 19.4 Å². The Labute approximate surface area is 177 Å². The molecule has 0 fully saturated rings. The summed E-state index contributed by atoms with van der Waals surface area (Å²) < 4.78 is 2.94. The monoisotopic (exact) mass is 417 g/mol. The van der Waals surface area contributed by atoms with Gasteiger partial charge in [-0.2, -0.15) is 0 Å². The maximum Gasteiger partial charge on any atom is 0.267 e. The third-order valence-electron chi connectivity index (χ3n) is 5.14. The normalized spacial score (nSPS) is 11.1. The van der Waals surface area contributed by atoms with E-state index in [9.17, 15) is 14.7 Å². The summed E-state index contributed by atoms with van der Waals surface area (Å²) in [7, 11) is 0. The van der Waals surface area contributed by atoms with Gasteiger partial charge in [0.2, 0.25) is 0 Å². The predicted molar refractivity (Wildman–Crippen MR) is 117 cm³/mol. The van der Waals surface area contributed by atoms with Gasteiger partial charge in [-0.1, -0.05) is 36.4 Å². The van der Waals surface area contributed by atoms with Gasteiger partial charge in [0.25, 0.3) is 11.5 Å². The van der Waals surface area contributed by atoms with Crippen LogP contribution in [-0.2, 0) is 13.0 Å². The van der Waals surface area contributed by atoms with Crippen molar-refractivity contribution in [1.29, 1.82) is 5.41 Å². The standard InChI is InChI=1S/C23H23N5O3/c24-20-17(22(30)25-11-10-16-7-2-1-3-8-16)15-18-21(28(20)13-6-14-29)26-19-9-4-5-12-27(19)23(18)31/h1-5,7-9,12,15,24,29H,6,10-11,13-14H2,(H,25,30). The van der Waals surface area contributed by atoms with Gasteiger partial charge in [0.15, 0.2) is 0 Å². The fourth-order valence-electron chi connectivity index (χ4n) is 3.57. The van der Waals surface area contributed by atoms with Crippen LogP contribution < -0.4 is 16.4 Å². The number of aliphatic hydroxyl groups excluding tert-OH is 1. The maximum absolute atomic E-state index is 13.1. The van der Waals surface area contributed by atoms with Crippen molar-refractivity contribution in [3.05, 3.63) is 87.8 Å². The van der Waals surface area contributed by atoms with Crippen molar-refractivity contribution in [1.82, 2.24) is 19.3 Å². The van der Waals surface area contributed by atoms with Crippen molar-refractivity contribution < 1.29 is 9.90 Å². The summed E-state index contributed by atoms with van der Waals surface area (Å²) in [4.78, 5) is 30.5. The number of carbonyl (C=O) groups is 1. The highest BCUT2D eigenvalue weighted by atomic mass is 16.3. The molecule has 0 bridgehead atoms. The number of aromatic nitrogens is 3. The number of nitrogens with zero attached hydrogens (tertiary/aromatic N) is 3. The summed E-state index contributed by atoms with van der Waals surface area (Å²) in [5.74, 6) is -0.418. The summed E-state index contributed by atoms with van der Waals surface area (Å²) in [6, 6.07) is 16.5. The first-order valence-electron chi connectivity index (χ1n) is 10.1. The Bertz CT molecular complexity index is 1360. The predicted octanol–water partition coefficient (Wildman–Crippen LogP) is 1.48. The van der Waals surface area contributed by atoms with E-state index in [2.05, 4.69) is 10.3 Å². The van der Waals surface area contributed by atoms with Crippen LogP contribution in [0.5, 0.6) is 0 Å². The summed E-state index contributed by atoms with van der Waals surface area (Å²) in [5, 5.41) is 21.0. The van der Waals surface area contributed by atoms with Crippen LogP contribution in [0.1, 0.15) is 22.3 Å². The average molecular weight is 417 g/mol. The molecule has 0 unspecified atom stereocenters. The third kappa shape index (κ3) is 4.10. The lowest BCUT2D eigenvalue weighted by atomic mass is 10.1. The Morgan fingerprint density at radius 1 is 1.13 bits per heavy atom. The van der Waals surface area contributed by atoms with Crippen LogP contribution in [0.3, 0.4) is 0 Å². The summed E-state index contributed by atoms with van der Waals surface area (Å²) >= 11 is 0. The minimum absolute atomic E-state index is 0.0367. The van der Waals surface area contributed by atoms with E-state index in [0.717, 1.165) is 5.56 Å². The summed E-state index contributed by atoms with van der Waals surface area (Å²) in [6.45, 7) is 0.604. The number of benzene rings is 1. The van der Waals surface area contributed by atoms with Gasteiger partial charge in [0.1, 0.15) is 16.8 Å². The van der Waals surface area contributed by atoms with Crippen molar-refractivity contribution >= 4 is 22.6 Å². The molecule has 0 saturated carbocycles. The Hall–Kier alpha value is -3.78. The van der Waals surface area contributed by atoms with E-state index in [1.54, 1.807) is 24.4 Å². The second kappa shape index (κ2) is 8.93. The number of carbonyl (C=O) groups excluding carboxylic acids is 1. The fraction of sp³-hybridized carbons (Fsp3) is 0.217. The van der Waals surface area contributed by atoms with Crippen LogP contribution in [0.4, 0.5) is 0 Å². The average Bonchev–Trinajstić information content (AvgIpc) is 2.79. The lowest BCUT2D eigenvalue weighted by Crippen LogP contribution is -2.35. The lowest BCUT2D eigenvalue weighted by molar-refractivity contribution is 0.0951. The minimum atomic E-state index is -0.418. The zero-order chi connectivity index (χ0) is 21.8. The summed E-state index contributed by atoms with van der Waals surface area (Å²) in [6.07, 6.45) is 2.66. The number of nitrogens with one attached hydrogen (secondary N) is 2. The maximum atomic E-state index is 13.1. The van der Waals surface area contributed by atoms with Gasteiger partial charge in [-0.15, -0.1) is 0 Å². The molecule has 0 spiro atoms. The highest BCUT2D eigenvalue weighted by molar-refractivity contribution is 5.96. The first-order valence-corrected chi connectivity index (χ1v) is 10.1. The first kappa shape index (κ1) is 20.5. The number of rotatable bonds is 7. The second-order valence-electron chi connectivity index (χ2n) is 7.21. The van der Waals surface area contributed by atoms with E-state index in [4.69, 9.17) is 5.41 Å². The van der Waals surface area contributed by atoms with Crippen LogP contribution in [0.2, 0.25) is 0 Å². The third-order valence-corrected chi connectivity index (χ3v) is 5.14. The number of aryl methyl sites for hydroxylation is 1. The Kier molecular flexibility index (Phi) is 5.90. The van der Waals surface area contributed by atoms with E-state index in [0.29, 0.717) is 30.7 Å². The molecule has 3 aromatic heterocycles. The molecule has 3 heterocycles. The largest absolute Gasteiger partial charge is 0.396 e. The molecule has 0 aliphatic rings. The van der Waals surface area contributed by atoms with Crippen LogP contribution >= 0.6 is 0 Å². The van der Waals surface area contributed by atoms with Crippen molar-refractivity contribution in [2.45, 2.75) is 19.4 Å². The van der Waals surface area contributed by atoms with Gasteiger partial charge >= 0.3 is 0 Å². The molecule has 0 aliphatic carbocycles. The lowest BCUT2D eigenvalue weighted by Gasteiger charge is -2.14. The number of hydrogen-bond acceptors (Lipinski definition) is 5. The van der Waals surface area contributed by atoms with Gasteiger partial charge in [-0.25, -0.2) is 4.98 Å². The number of pyridine rings is 2. The van der Waals surface area contributed by atoms with E-state index in [-0.39, 0.29) is 35.1 Å². The van der Waals surface area contributed by atoms with E-state index < -0.39 is 5.91 Å². The molecule has 158 valence electrons. The van der Waals surface area contributed by atoms with Crippen molar-refractivity contribution in [3.8, 4) is 0 Å². The van der Waals surface area contributed by atoms with Crippen molar-refractivity contribution in [2.24, 2.45) is 0 Å². The van der Waals surface area contributed by atoms with Gasteiger partial charge < -0.3 is 15.0 Å². The Balaban J connectivity index is 1.75. The van der Waals surface area contributed by atoms with Crippen LogP contribution in [0, 0.1) is 5.41 Å². The minimum Gasteiger partial charge on any atom is -0.396 e. The summed E-state index contributed by atoms with van der Waals surface area (Å²) in [5.41, 5.74) is 1.64. The molecule has 1 aromatic carbocycles. The van der Waals surface area contributed by atoms with Gasteiger partial charge in [0, 0.05) is 25.9 Å². The zero-order valence-electron chi connectivity index (χ0n) is 16.9. The van der Waals surface area contributed by atoms with Crippen molar-refractivity contribution in [2.75, 3.05) is 13.2 Å². The number of aliphatic hydroxyl groups is 1. The second-order valence-corrected chi connectivity index (χ2v) is 7.21. The SMILES string of the molecule is N=c1c(C(=O)NCCc2ccccc2)cc2c(=O)n3ccccc3nc2n1CCCO. The molecule has 8 nitrogen and oxygen atoms in total. The molecule has 0 radical (unpaired) electrons. The molecule has 31 heavy (non-hydrogen) atoms. The van der Waals surface area contributed by atoms with Crippen LogP contribution in [0.15, 0.2) is 65.6 Å². The molecule has 4 aromatic rings. The Morgan fingerprint density at radius 2 is 1.90 bits per heavy atom. The van der Waals surface area contributed by atoms with Gasteiger partial charge in [-0.05, 0) is 36.6 Å². The topological polar surface area (TPSA) is 112 Å². The van der Waals surface area contributed by atoms with E-state index in [1.165, 1.54) is 15.0 Å². The zero-order valence-corrected chi connectivity index (χ0v) is 16.9. The highest BCUT2D eigenvalue weighted by Crippen LogP contribution is 2.11. The highest BCUT2D eigenvalue weighted by Gasteiger charge is 2.17. The quantitative estimate of drug-likeness (QED) is 0.395. The molecular weight excluding hydrogens is 394 g/mol. The van der Waals surface area contributed by atoms with E-state index in [1.807, 2.05) is 30.3 Å². The molecule has 0 atom stereocenters. The Morgan fingerprint density at radius 3 is 2.68 bits per heavy atom. The smallest absolute Gasteiger partial charge is 0.267 e. The first-order chi connectivity index (χ1) is 15.1. The van der Waals surface area contributed by atoms with Crippen molar-refractivity contribution in [3.63, 3.8) is 0 Å². The molecule has 8 heteroatoms. The number of fused-ring (bicyclic) bond motifs is 2. The van der Waals surface area contributed by atoms with Gasteiger partial charge in [0.05, 0.1) is 10.9 Å². The van der Waals surface area contributed by atoms with E-state index >= 15 is 0 Å².